The van der Waals surface area contributed by atoms with Crippen LogP contribution in [-0.4, -0.2) is 23.6 Å². The molecule has 1 aliphatic rings. The maximum absolute atomic E-state index is 12.5. The van der Waals surface area contributed by atoms with Crippen molar-refractivity contribution in [3.8, 4) is 0 Å². The van der Waals surface area contributed by atoms with Crippen LogP contribution >= 0.6 is 0 Å². The van der Waals surface area contributed by atoms with Crippen LogP contribution in [0.25, 0.3) is 0 Å². The lowest BCUT2D eigenvalue weighted by Gasteiger charge is -2.23. The molecule has 2 N–H and O–H groups in total. The fraction of sp³-hybridized carbons (Fsp3) is 0.556. The van der Waals surface area contributed by atoms with Crippen molar-refractivity contribution in [3.63, 3.8) is 0 Å². The number of ether oxygens (including phenoxy) is 1. The van der Waals surface area contributed by atoms with E-state index in [1.165, 1.54) is 12.8 Å². The molecular formula is C18H26N2O3. The van der Waals surface area contributed by atoms with Gasteiger partial charge in [0.1, 0.15) is 11.6 Å². The molecule has 0 aromatic heterocycles. The maximum Gasteiger partial charge on any atom is 0.408 e. The summed E-state index contributed by atoms with van der Waals surface area (Å²) < 4.78 is 5.26. The number of nitrogens with one attached hydrogen (secondary N) is 2. The van der Waals surface area contributed by atoms with Crippen molar-refractivity contribution in [1.29, 1.82) is 0 Å². The number of carbonyl (C=O) groups is 2. The average molecular weight is 318 g/mol. The standard InChI is InChI=1S/C18H26N2O3/c1-18(2,3)23-17(22)20-15(12-11-13-9-10-13)16(21)19-14-7-5-4-6-8-14/h4-8,13,15H,9-12H2,1-3H3,(H,19,21)(H,20,22)/t15-/m0/s1. The van der Waals surface area contributed by atoms with E-state index < -0.39 is 17.7 Å². The van der Waals surface area contributed by atoms with Crippen molar-refractivity contribution < 1.29 is 14.3 Å². The lowest BCUT2D eigenvalue weighted by atomic mass is 10.1. The third-order valence-electron chi connectivity index (χ3n) is 3.61. The fourth-order valence-electron chi connectivity index (χ4n) is 2.28. The highest BCUT2D eigenvalue weighted by atomic mass is 16.6. The normalized spacial score (nSPS) is 15.6. The highest BCUT2D eigenvalue weighted by molar-refractivity contribution is 5.96. The number of carbonyl (C=O) groups excluding carboxylic acids is 2. The Balaban J connectivity index is 1.94. The first-order valence-corrected chi connectivity index (χ1v) is 8.19. The summed E-state index contributed by atoms with van der Waals surface area (Å²) in [4.78, 5) is 24.4. The minimum atomic E-state index is -0.582. The monoisotopic (exact) mass is 318 g/mol. The van der Waals surface area contributed by atoms with Gasteiger partial charge >= 0.3 is 6.09 Å². The topological polar surface area (TPSA) is 67.4 Å². The molecule has 1 fully saturated rings. The molecule has 0 aliphatic heterocycles. The van der Waals surface area contributed by atoms with Crippen molar-refractivity contribution in [2.45, 2.75) is 58.1 Å². The lowest BCUT2D eigenvalue weighted by Crippen LogP contribution is -2.45. The molecule has 126 valence electrons. The van der Waals surface area contributed by atoms with Gasteiger partial charge in [-0.1, -0.05) is 31.0 Å². The zero-order chi connectivity index (χ0) is 16.9. The third kappa shape index (κ3) is 6.72. The molecule has 1 aromatic carbocycles. The van der Waals surface area contributed by atoms with Gasteiger partial charge in [-0.25, -0.2) is 4.79 Å². The predicted molar refractivity (Wildman–Crippen MR) is 90.2 cm³/mol. The SMILES string of the molecule is CC(C)(C)OC(=O)N[C@@H](CCC1CC1)C(=O)Nc1ccccc1. The van der Waals surface area contributed by atoms with Crippen LogP contribution in [0.4, 0.5) is 10.5 Å². The zero-order valence-electron chi connectivity index (χ0n) is 14.1. The minimum absolute atomic E-state index is 0.206. The van der Waals surface area contributed by atoms with E-state index in [-0.39, 0.29) is 5.91 Å². The van der Waals surface area contributed by atoms with Crippen molar-refractivity contribution in [2.75, 3.05) is 5.32 Å². The summed E-state index contributed by atoms with van der Waals surface area (Å²) in [6.07, 6.45) is 3.46. The van der Waals surface area contributed by atoms with Gasteiger partial charge in [0.05, 0.1) is 0 Å². The van der Waals surface area contributed by atoms with E-state index >= 15 is 0 Å². The van der Waals surface area contributed by atoms with Gasteiger partial charge in [0.15, 0.2) is 0 Å². The molecule has 1 aliphatic carbocycles. The van der Waals surface area contributed by atoms with Crippen LogP contribution in [0, 0.1) is 5.92 Å². The Hall–Kier alpha value is -2.04. The molecule has 23 heavy (non-hydrogen) atoms. The molecule has 0 heterocycles. The highest BCUT2D eigenvalue weighted by Crippen LogP contribution is 2.34. The van der Waals surface area contributed by atoms with Crippen LogP contribution in [0.3, 0.4) is 0 Å². The van der Waals surface area contributed by atoms with Crippen molar-refractivity contribution in [3.05, 3.63) is 30.3 Å². The summed E-state index contributed by atoms with van der Waals surface area (Å²) in [5, 5.41) is 5.55. The van der Waals surface area contributed by atoms with E-state index in [2.05, 4.69) is 10.6 Å². The van der Waals surface area contributed by atoms with E-state index in [9.17, 15) is 9.59 Å². The van der Waals surface area contributed by atoms with E-state index in [0.717, 1.165) is 12.1 Å². The van der Waals surface area contributed by atoms with Crippen LogP contribution in [0.2, 0.25) is 0 Å². The molecule has 0 unspecified atom stereocenters. The Morgan fingerprint density at radius 2 is 1.87 bits per heavy atom. The Kier molecular flexibility index (Phi) is 5.64. The van der Waals surface area contributed by atoms with Gasteiger partial charge < -0.3 is 15.4 Å². The third-order valence-corrected chi connectivity index (χ3v) is 3.61. The smallest absolute Gasteiger partial charge is 0.408 e. The van der Waals surface area contributed by atoms with Gasteiger partial charge in [-0.3, -0.25) is 4.79 Å². The van der Waals surface area contributed by atoms with Gasteiger partial charge in [-0.05, 0) is 51.7 Å². The van der Waals surface area contributed by atoms with Crippen LogP contribution in [0.15, 0.2) is 30.3 Å². The Morgan fingerprint density at radius 1 is 1.22 bits per heavy atom. The molecule has 5 nitrogen and oxygen atoms in total. The molecule has 0 radical (unpaired) electrons. The van der Waals surface area contributed by atoms with Crippen molar-refractivity contribution in [2.24, 2.45) is 5.92 Å². The number of amides is 2. The Morgan fingerprint density at radius 3 is 2.43 bits per heavy atom. The van der Waals surface area contributed by atoms with Gasteiger partial charge in [0.2, 0.25) is 5.91 Å². The van der Waals surface area contributed by atoms with Gasteiger partial charge in [0, 0.05) is 5.69 Å². The van der Waals surface area contributed by atoms with Crippen LogP contribution < -0.4 is 10.6 Å². The second-order valence-corrected chi connectivity index (χ2v) is 7.07. The quantitative estimate of drug-likeness (QED) is 0.840. The second kappa shape index (κ2) is 7.49. The maximum atomic E-state index is 12.5. The lowest BCUT2D eigenvalue weighted by molar-refractivity contribution is -0.118. The van der Waals surface area contributed by atoms with E-state index in [1.807, 2.05) is 30.3 Å². The summed E-state index contributed by atoms with van der Waals surface area (Å²) in [6.45, 7) is 5.40. The fourth-order valence-corrected chi connectivity index (χ4v) is 2.28. The molecule has 2 amide bonds. The van der Waals surface area contributed by atoms with Gasteiger partial charge in [0.25, 0.3) is 0 Å². The van der Waals surface area contributed by atoms with Crippen LogP contribution in [0.1, 0.15) is 46.5 Å². The molecular weight excluding hydrogens is 292 g/mol. The Bertz CT molecular complexity index is 533. The molecule has 5 heteroatoms. The summed E-state index contributed by atoms with van der Waals surface area (Å²) in [5.41, 5.74) is 0.140. The van der Waals surface area contributed by atoms with E-state index in [4.69, 9.17) is 4.74 Å². The summed E-state index contributed by atoms with van der Waals surface area (Å²) in [6, 6.07) is 8.67. The molecule has 0 saturated heterocycles. The van der Waals surface area contributed by atoms with Crippen molar-refractivity contribution >= 4 is 17.7 Å². The number of alkyl carbamates (subject to hydrolysis) is 1. The highest BCUT2D eigenvalue weighted by Gasteiger charge is 2.28. The molecule has 1 saturated carbocycles. The Labute approximate surface area is 137 Å². The second-order valence-electron chi connectivity index (χ2n) is 7.07. The number of hydrogen-bond acceptors (Lipinski definition) is 3. The molecule has 0 spiro atoms. The first-order chi connectivity index (χ1) is 10.8. The minimum Gasteiger partial charge on any atom is -0.444 e. The first-order valence-electron chi connectivity index (χ1n) is 8.19. The van der Waals surface area contributed by atoms with E-state index in [0.29, 0.717) is 12.3 Å². The number of benzene rings is 1. The molecule has 2 rings (SSSR count). The summed E-state index contributed by atoms with van der Waals surface area (Å²) in [7, 11) is 0. The number of hydrogen-bond donors (Lipinski definition) is 2. The predicted octanol–water partition coefficient (Wildman–Crippen LogP) is 3.71. The van der Waals surface area contributed by atoms with Crippen LogP contribution in [0.5, 0.6) is 0 Å². The number of para-hydroxylation sites is 1. The zero-order valence-corrected chi connectivity index (χ0v) is 14.1. The largest absolute Gasteiger partial charge is 0.444 e. The molecule has 0 bridgehead atoms. The molecule has 1 atom stereocenters. The summed E-state index contributed by atoms with van der Waals surface area (Å²) in [5.74, 6) is 0.491. The van der Waals surface area contributed by atoms with Crippen molar-refractivity contribution in [1.82, 2.24) is 5.32 Å². The average Bonchev–Trinajstić information content (AvgIpc) is 3.26. The van der Waals surface area contributed by atoms with E-state index in [1.54, 1.807) is 20.8 Å². The first kappa shape index (κ1) is 17.3. The number of rotatable bonds is 6. The van der Waals surface area contributed by atoms with Gasteiger partial charge in [-0.2, -0.15) is 0 Å². The summed E-state index contributed by atoms with van der Waals surface area (Å²) >= 11 is 0. The number of anilines is 1. The molecule has 1 aromatic rings. The van der Waals surface area contributed by atoms with Gasteiger partial charge in [-0.15, -0.1) is 0 Å². The van der Waals surface area contributed by atoms with Crippen LogP contribution in [-0.2, 0) is 9.53 Å².